The summed E-state index contributed by atoms with van der Waals surface area (Å²) in [5.74, 6) is 0.624. The van der Waals surface area contributed by atoms with Crippen LogP contribution in [0.4, 0.5) is 10.9 Å². The molecule has 0 aromatic carbocycles. The Labute approximate surface area is 113 Å². The van der Waals surface area contributed by atoms with E-state index in [4.69, 9.17) is 0 Å². The minimum absolute atomic E-state index is 0.624. The average molecular weight is 270 g/mol. The van der Waals surface area contributed by atoms with Crippen LogP contribution in [0, 0.1) is 6.92 Å². The number of aromatic nitrogens is 5. The van der Waals surface area contributed by atoms with Crippen molar-refractivity contribution in [3.63, 3.8) is 0 Å². The third-order valence-corrected chi connectivity index (χ3v) is 3.08. The van der Waals surface area contributed by atoms with Crippen molar-refractivity contribution in [3.8, 4) is 11.4 Å². The molecule has 7 heteroatoms. The zero-order valence-corrected chi connectivity index (χ0v) is 10.9. The van der Waals surface area contributed by atoms with Crippen LogP contribution >= 0.6 is 11.3 Å². The number of pyridine rings is 1. The Kier molecular flexibility index (Phi) is 3.11. The fourth-order valence-electron chi connectivity index (χ4n) is 1.52. The maximum atomic E-state index is 4.45. The average Bonchev–Trinajstić information content (AvgIpc) is 2.85. The van der Waals surface area contributed by atoms with Crippen molar-refractivity contribution in [2.45, 2.75) is 6.92 Å². The molecular weight excluding hydrogens is 260 g/mol. The third-order valence-electron chi connectivity index (χ3n) is 2.32. The van der Waals surface area contributed by atoms with Gasteiger partial charge in [-0.05, 0) is 19.1 Å². The molecule has 0 saturated carbocycles. The minimum Gasteiger partial charge on any atom is -0.313 e. The first-order chi connectivity index (χ1) is 9.31. The molecule has 0 bridgehead atoms. The van der Waals surface area contributed by atoms with Crippen LogP contribution in [0.2, 0.25) is 0 Å². The van der Waals surface area contributed by atoms with Gasteiger partial charge in [0.25, 0.3) is 0 Å². The zero-order valence-electron chi connectivity index (χ0n) is 10.1. The lowest BCUT2D eigenvalue weighted by molar-refractivity contribution is 1.05. The van der Waals surface area contributed by atoms with Crippen molar-refractivity contribution < 1.29 is 0 Å². The molecule has 6 nitrogen and oxygen atoms in total. The van der Waals surface area contributed by atoms with Gasteiger partial charge in [-0.3, -0.25) is 9.97 Å². The Balaban J connectivity index is 1.88. The van der Waals surface area contributed by atoms with Gasteiger partial charge in [0.2, 0.25) is 5.13 Å². The lowest BCUT2D eigenvalue weighted by Gasteiger charge is -2.03. The summed E-state index contributed by atoms with van der Waals surface area (Å²) in [6.07, 6.45) is 5.05. The molecule has 3 heterocycles. The highest BCUT2D eigenvalue weighted by atomic mass is 32.1. The van der Waals surface area contributed by atoms with E-state index in [1.807, 2.05) is 25.1 Å². The number of anilines is 2. The van der Waals surface area contributed by atoms with Crippen LogP contribution in [-0.2, 0) is 0 Å². The minimum atomic E-state index is 0.624. The van der Waals surface area contributed by atoms with Gasteiger partial charge in [-0.2, -0.15) is 0 Å². The first kappa shape index (κ1) is 11.7. The van der Waals surface area contributed by atoms with Gasteiger partial charge in [-0.1, -0.05) is 17.4 Å². The van der Waals surface area contributed by atoms with E-state index in [1.165, 1.54) is 11.3 Å². The summed E-state index contributed by atoms with van der Waals surface area (Å²) in [6.45, 7) is 1.90. The van der Waals surface area contributed by atoms with E-state index in [0.717, 1.165) is 10.7 Å². The second-order valence-electron chi connectivity index (χ2n) is 3.76. The van der Waals surface area contributed by atoms with E-state index in [2.05, 4.69) is 30.5 Å². The van der Waals surface area contributed by atoms with Gasteiger partial charge in [-0.25, -0.2) is 4.98 Å². The van der Waals surface area contributed by atoms with Crippen LogP contribution in [0.15, 0.2) is 36.8 Å². The molecule has 0 saturated heterocycles. The SMILES string of the molecule is Cc1nnc(Nc2cncc(-c3ccccn3)n2)s1. The molecule has 0 aliphatic heterocycles. The molecule has 3 aromatic rings. The Morgan fingerprint density at radius 1 is 1.11 bits per heavy atom. The fraction of sp³-hybridized carbons (Fsp3) is 0.0833. The van der Waals surface area contributed by atoms with Crippen molar-refractivity contribution in [3.05, 3.63) is 41.8 Å². The molecule has 0 aliphatic carbocycles. The zero-order chi connectivity index (χ0) is 13.1. The highest BCUT2D eigenvalue weighted by Crippen LogP contribution is 2.20. The predicted molar refractivity (Wildman–Crippen MR) is 73.2 cm³/mol. The van der Waals surface area contributed by atoms with Gasteiger partial charge >= 0.3 is 0 Å². The highest BCUT2D eigenvalue weighted by Gasteiger charge is 2.05. The molecule has 0 spiro atoms. The number of nitrogens with one attached hydrogen (secondary N) is 1. The summed E-state index contributed by atoms with van der Waals surface area (Å²) >= 11 is 1.47. The van der Waals surface area contributed by atoms with Crippen molar-refractivity contribution >= 4 is 22.3 Å². The van der Waals surface area contributed by atoms with E-state index in [0.29, 0.717) is 16.6 Å². The van der Waals surface area contributed by atoms with Crippen molar-refractivity contribution in [1.82, 2.24) is 25.1 Å². The lowest BCUT2D eigenvalue weighted by Crippen LogP contribution is -1.96. The van der Waals surface area contributed by atoms with Crippen LogP contribution in [0.1, 0.15) is 5.01 Å². The monoisotopic (exact) mass is 270 g/mol. The van der Waals surface area contributed by atoms with Gasteiger partial charge in [0.05, 0.1) is 18.1 Å². The molecule has 0 aliphatic rings. The van der Waals surface area contributed by atoms with Gasteiger partial charge in [0, 0.05) is 6.20 Å². The fourth-order valence-corrected chi connectivity index (χ4v) is 2.12. The first-order valence-corrected chi connectivity index (χ1v) is 6.43. The molecule has 19 heavy (non-hydrogen) atoms. The highest BCUT2D eigenvalue weighted by molar-refractivity contribution is 7.15. The third kappa shape index (κ3) is 2.71. The molecule has 0 amide bonds. The van der Waals surface area contributed by atoms with E-state index in [-0.39, 0.29) is 0 Å². The maximum Gasteiger partial charge on any atom is 0.211 e. The molecule has 3 aromatic heterocycles. The van der Waals surface area contributed by atoms with Gasteiger partial charge in [0.15, 0.2) is 5.82 Å². The molecule has 3 rings (SSSR count). The van der Waals surface area contributed by atoms with Crippen LogP contribution in [-0.4, -0.2) is 25.1 Å². The lowest BCUT2D eigenvalue weighted by atomic mass is 10.3. The van der Waals surface area contributed by atoms with Crippen LogP contribution in [0.3, 0.4) is 0 Å². The standard InChI is InChI=1S/C12H10N6S/c1-8-17-18-12(19-8)16-11-7-13-6-10(15-11)9-4-2-3-5-14-9/h2-7H,1H3,(H,15,16,18). The summed E-state index contributed by atoms with van der Waals surface area (Å²) in [5, 5.41) is 12.6. The largest absolute Gasteiger partial charge is 0.313 e. The maximum absolute atomic E-state index is 4.45. The summed E-state index contributed by atoms with van der Waals surface area (Å²) in [6, 6.07) is 5.67. The second-order valence-corrected chi connectivity index (χ2v) is 4.94. The predicted octanol–water partition coefficient (Wildman–Crippen LogP) is 2.44. The Morgan fingerprint density at radius 2 is 2.05 bits per heavy atom. The van der Waals surface area contributed by atoms with E-state index >= 15 is 0 Å². The van der Waals surface area contributed by atoms with E-state index < -0.39 is 0 Å². The Morgan fingerprint density at radius 3 is 2.79 bits per heavy atom. The molecule has 0 unspecified atom stereocenters. The topological polar surface area (TPSA) is 76.5 Å². The molecular formula is C12H10N6S. The quantitative estimate of drug-likeness (QED) is 0.787. The number of hydrogen-bond acceptors (Lipinski definition) is 7. The number of nitrogens with zero attached hydrogens (tertiary/aromatic N) is 5. The number of aryl methyl sites for hydroxylation is 1. The normalized spacial score (nSPS) is 10.4. The van der Waals surface area contributed by atoms with E-state index in [9.17, 15) is 0 Å². The van der Waals surface area contributed by atoms with Gasteiger partial charge in [-0.15, -0.1) is 10.2 Å². The molecule has 94 valence electrons. The molecule has 0 fully saturated rings. The van der Waals surface area contributed by atoms with E-state index in [1.54, 1.807) is 18.6 Å². The summed E-state index contributed by atoms with van der Waals surface area (Å²) in [4.78, 5) is 12.9. The van der Waals surface area contributed by atoms with Crippen LogP contribution in [0.25, 0.3) is 11.4 Å². The Hall–Kier alpha value is -2.41. The van der Waals surface area contributed by atoms with Crippen molar-refractivity contribution in [1.29, 1.82) is 0 Å². The summed E-state index contributed by atoms with van der Waals surface area (Å²) < 4.78 is 0. The van der Waals surface area contributed by atoms with Gasteiger partial charge < -0.3 is 5.32 Å². The van der Waals surface area contributed by atoms with Crippen molar-refractivity contribution in [2.24, 2.45) is 0 Å². The van der Waals surface area contributed by atoms with Gasteiger partial charge in [0.1, 0.15) is 10.7 Å². The first-order valence-electron chi connectivity index (χ1n) is 5.62. The molecule has 0 radical (unpaired) electrons. The van der Waals surface area contributed by atoms with Crippen LogP contribution < -0.4 is 5.32 Å². The second kappa shape index (κ2) is 5.07. The van der Waals surface area contributed by atoms with Crippen molar-refractivity contribution in [2.75, 3.05) is 5.32 Å². The Bertz CT molecular complexity index is 681. The van der Waals surface area contributed by atoms with Crippen LogP contribution in [0.5, 0.6) is 0 Å². The molecule has 0 atom stereocenters. The number of rotatable bonds is 3. The number of hydrogen-bond donors (Lipinski definition) is 1. The summed E-state index contributed by atoms with van der Waals surface area (Å²) in [7, 11) is 0. The molecule has 1 N–H and O–H groups in total. The smallest absolute Gasteiger partial charge is 0.211 e. The summed E-state index contributed by atoms with van der Waals surface area (Å²) in [5.41, 5.74) is 1.50.